The van der Waals surface area contributed by atoms with E-state index in [0.29, 0.717) is 5.75 Å². The van der Waals surface area contributed by atoms with Crippen molar-refractivity contribution in [1.82, 2.24) is 0 Å². The summed E-state index contributed by atoms with van der Waals surface area (Å²) in [4.78, 5) is 10.8. The molecule has 0 atom stereocenters. The third-order valence-electron chi connectivity index (χ3n) is 2.56. The summed E-state index contributed by atoms with van der Waals surface area (Å²) in [5, 5.41) is 11.3. The van der Waals surface area contributed by atoms with Gasteiger partial charge in [0.2, 0.25) is 11.5 Å². The Kier molecular flexibility index (Phi) is 4.80. The van der Waals surface area contributed by atoms with Gasteiger partial charge in [-0.3, -0.25) is 10.1 Å². The number of hydrogen-bond acceptors (Lipinski definition) is 4. The average molecular weight is 352 g/mol. The summed E-state index contributed by atoms with van der Waals surface area (Å²) in [6.07, 6.45) is -0.164. The topological polar surface area (TPSA) is 61.6 Å². The molecule has 21 heavy (non-hydrogen) atoms. The zero-order valence-corrected chi connectivity index (χ0v) is 13.2. The molecule has 2 aromatic carbocycles. The third kappa shape index (κ3) is 3.72. The Hall–Kier alpha value is -2.08. The van der Waals surface area contributed by atoms with Crippen molar-refractivity contribution in [3.05, 3.63) is 57.1 Å². The molecule has 0 aliphatic rings. The second-order valence-corrected chi connectivity index (χ2v) is 5.41. The summed E-state index contributed by atoms with van der Waals surface area (Å²) in [6, 6.07) is 11.9. The summed E-state index contributed by atoms with van der Waals surface area (Å²) in [5.41, 5.74) is -0.179. The predicted molar refractivity (Wildman–Crippen MR) is 83.1 cm³/mol. The number of ether oxygens (including phenoxy) is 2. The molecule has 0 saturated heterocycles. The molecule has 0 aliphatic carbocycles. The van der Waals surface area contributed by atoms with Crippen LogP contribution in [0.4, 0.5) is 5.69 Å². The molecule has 6 heteroatoms. The van der Waals surface area contributed by atoms with E-state index >= 15 is 0 Å². The van der Waals surface area contributed by atoms with Crippen LogP contribution in [0.3, 0.4) is 0 Å². The first-order chi connectivity index (χ1) is 9.99. The number of para-hydroxylation sites is 2. The van der Waals surface area contributed by atoms with E-state index in [1.54, 1.807) is 36.4 Å². The van der Waals surface area contributed by atoms with E-state index in [0.717, 1.165) is 4.47 Å². The van der Waals surface area contributed by atoms with Gasteiger partial charge in [-0.25, -0.2) is 0 Å². The van der Waals surface area contributed by atoms with Gasteiger partial charge in [0.05, 0.1) is 15.5 Å². The lowest BCUT2D eigenvalue weighted by Crippen LogP contribution is -2.08. The van der Waals surface area contributed by atoms with E-state index in [1.165, 1.54) is 0 Å². The Morgan fingerprint density at radius 1 is 1.05 bits per heavy atom. The van der Waals surface area contributed by atoms with Crippen LogP contribution in [0.15, 0.2) is 46.9 Å². The number of nitrogens with zero attached hydrogens (tertiary/aromatic N) is 1. The fraction of sp³-hybridized carbons (Fsp3) is 0.200. The summed E-state index contributed by atoms with van der Waals surface area (Å²) in [7, 11) is 0. The number of nitro benzene ring substituents is 1. The number of rotatable bonds is 5. The quantitative estimate of drug-likeness (QED) is 0.565. The molecule has 0 N–H and O–H groups in total. The normalized spacial score (nSPS) is 10.5. The largest absolute Gasteiger partial charge is 0.484 e. The van der Waals surface area contributed by atoms with Crippen molar-refractivity contribution in [2.75, 3.05) is 0 Å². The van der Waals surface area contributed by atoms with Crippen LogP contribution in [0.2, 0.25) is 0 Å². The van der Waals surface area contributed by atoms with Crippen LogP contribution >= 0.6 is 15.9 Å². The standard InChI is InChI=1S/C15H14BrNO4/c1-10(2)20-13-8-5-9-14(15(13)17(18)19)21-12-7-4-3-6-11(12)16/h3-10H,1-2H3. The molecule has 0 aliphatic heterocycles. The van der Waals surface area contributed by atoms with Gasteiger partial charge in [-0.2, -0.15) is 0 Å². The number of benzene rings is 2. The van der Waals surface area contributed by atoms with Gasteiger partial charge in [0, 0.05) is 0 Å². The monoisotopic (exact) mass is 351 g/mol. The Balaban J connectivity index is 2.44. The first-order valence-electron chi connectivity index (χ1n) is 6.35. The first-order valence-corrected chi connectivity index (χ1v) is 7.14. The molecule has 0 unspecified atom stereocenters. The minimum absolute atomic E-state index is 0.144. The van der Waals surface area contributed by atoms with Crippen LogP contribution in [-0.4, -0.2) is 11.0 Å². The van der Waals surface area contributed by atoms with Gasteiger partial charge in [-0.1, -0.05) is 18.2 Å². The third-order valence-corrected chi connectivity index (χ3v) is 3.22. The zero-order chi connectivity index (χ0) is 15.4. The molecule has 0 spiro atoms. The van der Waals surface area contributed by atoms with E-state index in [1.807, 2.05) is 19.9 Å². The predicted octanol–water partition coefficient (Wildman–Crippen LogP) is 4.94. The van der Waals surface area contributed by atoms with E-state index in [2.05, 4.69) is 15.9 Å². The van der Waals surface area contributed by atoms with Gasteiger partial charge in [-0.05, 0) is 54.0 Å². The van der Waals surface area contributed by atoms with Crippen LogP contribution in [0, 0.1) is 10.1 Å². The van der Waals surface area contributed by atoms with Gasteiger partial charge in [0.15, 0.2) is 0 Å². The smallest absolute Gasteiger partial charge is 0.352 e. The number of hydrogen-bond donors (Lipinski definition) is 0. The van der Waals surface area contributed by atoms with Crippen LogP contribution in [0.5, 0.6) is 17.2 Å². The first kappa shape index (κ1) is 15.3. The fourth-order valence-corrected chi connectivity index (χ4v) is 2.13. The van der Waals surface area contributed by atoms with Gasteiger partial charge in [-0.15, -0.1) is 0 Å². The Bertz CT molecular complexity index is 658. The van der Waals surface area contributed by atoms with Crippen molar-refractivity contribution in [3.8, 4) is 17.2 Å². The van der Waals surface area contributed by atoms with Gasteiger partial charge < -0.3 is 9.47 Å². The lowest BCUT2D eigenvalue weighted by Gasteiger charge is -2.13. The lowest BCUT2D eigenvalue weighted by atomic mass is 10.2. The highest BCUT2D eigenvalue weighted by molar-refractivity contribution is 9.10. The van der Waals surface area contributed by atoms with E-state index in [4.69, 9.17) is 9.47 Å². The molecule has 0 saturated carbocycles. The number of nitro groups is 1. The van der Waals surface area contributed by atoms with Gasteiger partial charge in [0.25, 0.3) is 0 Å². The Morgan fingerprint density at radius 2 is 1.67 bits per heavy atom. The highest BCUT2D eigenvalue weighted by Crippen LogP contribution is 2.40. The molecule has 0 heterocycles. The molecular formula is C15H14BrNO4. The van der Waals surface area contributed by atoms with Crippen LogP contribution in [-0.2, 0) is 0 Å². The summed E-state index contributed by atoms with van der Waals surface area (Å²) in [5.74, 6) is 0.840. The molecule has 2 rings (SSSR count). The molecule has 0 radical (unpaired) electrons. The van der Waals surface area contributed by atoms with Crippen molar-refractivity contribution >= 4 is 21.6 Å². The van der Waals surface area contributed by atoms with Crippen molar-refractivity contribution in [1.29, 1.82) is 0 Å². The summed E-state index contributed by atoms with van der Waals surface area (Å²) < 4.78 is 11.9. The molecule has 2 aromatic rings. The molecule has 5 nitrogen and oxygen atoms in total. The highest BCUT2D eigenvalue weighted by Gasteiger charge is 2.24. The SMILES string of the molecule is CC(C)Oc1cccc(Oc2ccccc2Br)c1[N+](=O)[O-]. The summed E-state index contributed by atoms with van der Waals surface area (Å²) >= 11 is 3.35. The second-order valence-electron chi connectivity index (χ2n) is 4.56. The molecule has 0 bridgehead atoms. The Labute approximate surface area is 130 Å². The maximum atomic E-state index is 11.3. The molecule has 0 fully saturated rings. The van der Waals surface area contributed by atoms with E-state index in [-0.39, 0.29) is 23.3 Å². The minimum Gasteiger partial charge on any atom is -0.484 e. The number of halogens is 1. The average Bonchev–Trinajstić information content (AvgIpc) is 2.40. The van der Waals surface area contributed by atoms with E-state index in [9.17, 15) is 10.1 Å². The lowest BCUT2D eigenvalue weighted by molar-refractivity contribution is -0.386. The zero-order valence-electron chi connectivity index (χ0n) is 11.6. The van der Waals surface area contributed by atoms with Gasteiger partial charge >= 0.3 is 5.69 Å². The van der Waals surface area contributed by atoms with Crippen LogP contribution in [0.25, 0.3) is 0 Å². The minimum atomic E-state index is -0.496. The van der Waals surface area contributed by atoms with Crippen molar-refractivity contribution in [2.45, 2.75) is 20.0 Å². The van der Waals surface area contributed by atoms with Crippen LogP contribution in [0.1, 0.15) is 13.8 Å². The van der Waals surface area contributed by atoms with Crippen molar-refractivity contribution in [2.24, 2.45) is 0 Å². The van der Waals surface area contributed by atoms with Crippen molar-refractivity contribution < 1.29 is 14.4 Å². The van der Waals surface area contributed by atoms with Crippen molar-refractivity contribution in [3.63, 3.8) is 0 Å². The molecule has 0 aromatic heterocycles. The van der Waals surface area contributed by atoms with Gasteiger partial charge in [0.1, 0.15) is 5.75 Å². The maximum absolute atomic E-state index is 11.3. The molecule has 0 amide bonds. The summed E-state index contributed by atoms with van der Waals surface area (Å²) in [6.45, 7) is 3.62. The van der Waals surface area contributed by atoms with Crippen LogP contribution < -0.4 is 9.47 Å². The fourth-order valence-electron chi connectivity index (χ4n) is 1.76. The van der Waals surface area contributed by atoms with E-state index < -0.39 is 4.92 Å². The molecule has 110 valence electrons. The molecular weight excluding hydrogens is 338 g/mol. The second kappa shape index (κ2) is 6.58. The highest BCUT2D eigenvalue weighted by atomic mass is 79.9. The Morgan fingerprint density at radius 3 is 2.29 bits per heavy atom. The maximum Gasteiger partial charge on any atom is 0.352 e.